The number of nitrogens with zero attached hydrogens (tertiary/aromatic N) is 4. The van der Waals surface area contributed by atoms with E-state index in [9.17, 15) is 19.8 Å². The minimum Gasteiger partial charge on any atom is -0.488 e. The Morgan fingerprint density at radius 3 is 1.15 bits per heavy atom. The quantitative estimate of drug-likeness (QED) is 0.317. The molecule has 46 heavy (non-hydrogen) atoms. The molecule has 0 spiro atoms. The number of aromatic nitrogens is 2. The molecule has 0 amide bonds. The van der Waals surface area contributed by atoms with Crippen LogP contribution in [0.4, 0.5) is 0 Å². The van der Waals surface area contributed by atoms with Gasteiger partial charge in [0.1, 0.15) is 37.8 Å². The lowest BCUT2D eigenvalue weighted by Crippen LogP contribution is -2.33. The summed E-state index contributed by atoms with van der Waals surface area (Å²) in [5, 5.41) is 18.8. The van der Waals surface area contributed by atoms with Gasteiger partial charge in [-0.1, -0.05) is 36.4 Å². The summed E-state index contributed by atoms with van der Waals surface area (Å²) in [5.41, 5.74) is 1.24. The van der Waals surface area contributed by atoms with Crippen LogP contribution < -0.4 is 18.9 Å². The lowest BCUT2D eigenvalue weighted by molar-refractivity contribution is 0.0679. The van der Waals surface area contributed by atoms with E-state index in [1.165, 1.54) is 12.1 Å². The summed E-state index contributed by atoms with van der Waals surface area (Å²) in [6.07, 6.45) is 0. The molecule has 1 aliphatic rings. The second-order valence-corrected chi connectivity index (χ2v) is 10.5. The van der Waals surface area contributed by atoms with Crippen molar-refractivity contribution in [2.45, 2.75) is 13.1 Å². The average molecular weight is 629 g/mol. The summed E-state index contributed by atoms with van der Waals surface area (Å²) in [6, 6.07) is 24.8. The molecule has 0 unspecified atom stereocenters. The van der Waals surface area contributed by atoms with Gasteiger partial charge in [0.15, 0.2) is 23.0 Å². The number of hydrogen-bond acceptors (Lipinski definition) is 10. The van der Waals surface area contributed by atoms with Crippen LogP contribution in [0.15, 0.2) is 84.9 Å². The fourth-order valence-electron chi connectivity index (χ4n) is 4.89. The first kappa shape index (κ1) is 32.2. The van der Waals surface area contributed by atoms with Crippen molar-refractivity contribution in [1.29, 1.82) is 0 Å². The topological polar surface area (TPSA) is 144 Å². The van der Waals surface area contributed by atoms with Crippen molar-refractivity contribution in [1.82, 2.24) is 19.8 Å². The summed E-state index contributed by atoms with van der Waals surface area (Å²) >= 11 is 0. The highest BCUT2D eigenvalue weighted by Crippen LogP contribution is 2.28. The van der Waals surface area contributed by atoms with E-state index in [2.05, 4.69) is 19.8 Å². The highest BCUT2D eigenvalue weighted by atomic mass is 16.5. The van der Waals surface area contributed by atoms with E-state index in [1.807, 2.05) is 48.5 Å². The molecule has 0 fully saturated rings. The van der Waals surface area contributed by atoms with E-state index >= 15 is 0 Å². The van der Waals surface area contributed by atoms with Gasteiger partial charge in [0, 0.05) is 39.3 Å². The first-order valence-electron chi connectivity index (χ1n) is 15.0. The SMILES string of the molecule is O=C(O)c1cccc(CN2CCOc3ccccc3OCCN(Cc3cccc(C(=O)O)n3)CCOc3ccccc3OCC2)n1. The maximum absolute atomic E-state index is 11.5. The van der Waals surface area contributed by atoms with Crippen LogP contribution in [0.5, 0.6) is 23.0 Å². The predicted octanol–water partition coefficient (Wildman–Crippen LogP) is 4.11. The molecule has 0 aliphatic carbocycles. The highest BCUT2D eigenvalue weighted by Gasteiger charge is 2.15. The molecule has 0 saturated carbocycles. The van der Waals surface area contributed by atoms with Gasteiger partial charge in [0.25, 0.3) is 0 Å². The third-order valence-corrected chi connectivity index (χ3v) is 7.18. The number of aromatic carboxylic acids is 2. The van der Waals surface area contributed by atoms with Gasteiger partial charge in [-0.3, -0.25) is 9.80 Å². The van der Waals surface area contributed by atoms with E-state index in [4.69, 9.17) is 18.9 Å². The monoisotopic (exact) mass is 628 g/mol. The number of carboxylic acids is 2. The molecule has 0 radical (unpaired) electrons. The lowest BCUT2D eigenvalue weighted by Gasteiger charge is -2.25. The van der Waals surface area contributed by atoms with Crippen molar-refractivity contribution in [2.24, 2.45) is 0 Å². The van der Waals surface area contributed by atoms with E-state index in [1.54, 1.807) is 24.3 Å². The number of carbonyl (C=O) groups is 2. The zero-order valence-corrected chi connectivity index (χ0v) is 25.3. The first-order valence-corrected chi connectivity index (χ1v) is 15.0. The fourth-order valence-corrected chi connectivity index (χ4v) is 4.89. The molecule has 12 heteroatoms. The van der Waals surface area contributed by atoms with Gasteiger partial charge in [-0.2, -0.15) is 0 Å². The molecule has 0 bridgehead atoms. The molecule has 2 aromatic heterocycles. The molecule has 0 saturated heterocycles. The molecular weight excluding hydrogens is 592 g/mol. The molecule has 5 rings (SSSR count). The average Bonchev–Trinajstić information content (AvgIpc) is 3.05. The molecule has 12 nitrogen and oxygen atoms in total. The van der Waals surface area contributed by atoms with Crippen molar-refractivity contribution < 1.29 is 38.7 Å². The number of para-hydroxylation sites is 4. The Kier molecular flexibility index (Phi) is 11.3. The largest absolute Gasteiger partial charge is 0.488 e. The van der Waals surface area contributed by atoms with Crippen molar-refractivity contribution in [3.63, 3.8) is 0 Å². The summed E-state index contributed by atoms with van der Waals surface area (Å²) in [5.74, 6) is 0.258. The van der Waals surface area contributed by atoms with Crippen LogP contribution in [0, 0.1) is 0 Å². The molecule has 0 atom stereocenters. The molecule has 3 heterocycles. The summed E-state index contributed by atoms with van der Waals surface area (Å²) in [4.78, 5) is 35.7. The zero-order valence-electron chi connectivity index (χ0n) is 25.3. The standard InChI is InChI=1S/C34H36N4O8/c39-33(40)27-9-5-7-25(35-27)23-37-15-19-43-29-11-1-2-12-30(29)44-20-16-38(24-26-8-6-10-28(36-26)34(41)42)18-22-46-32-14-4-3-13-31(32)45-21-17-37/h1-14H,15-24H2,(H,39,40)(H,41,42). The van der Waals surface area contributed by atoms with Gasteiger partial charge in [-0.25, -0.2) is 19.6 Å². The Morgan fingerprint density at radius 2 is 0.848 bits per heavy atom. The van der Waals surface area contributed by atoms with Crippen LogP contribution >= 0.6 is 0 Å². The normalized spacial score (nSPS) is 15.3. The Morgan fingerprint density at radius 1 is 0.522 bits per heavy atom. The van der Waals surface area contributed by atoms with Crippen LogP contribution in [0.3, 0.4) is 0 Å². The van der Waals surface area contributed by atoms with Crippen LogP contribution in [0.1, 0.15) is 32.4 Å². The van der Waals surface area contributed by atoms with E-state index in [-0.39, 0.29) is 11.4 Å². The van der Waals surface area contributed by atoms with Crippen molar-refractivity contribution in [2.75, 3.05) is 52.6 Å². The maximum Gasteiger partial charge on any atom is 0.354 e. The minimum absolute atomic E-state index is 0.00727. The van der Waals surface area contributed by atoms with Crippen LogP contribution in [-0.4, -0.2) is 94.5 Å². The van der Waals surface area contributed by atoms with Gasteiger partial charge >= 0.3 is 11.9 Å². The van der Waals surface area contributed by atoms with Gasteiger partial charge < -0.3 is 29.2 Å². The van der Waals surface area contributed by atoms with Gasteiger partial charge in [-0.15, -0.1) is 0 Å². The van der Waals surface area contributed by atoms with Crippen molar-refractivity contribution in [3.05, 3.63) is 108 Å². The lowest BCUT2D eigenvalue weighted by atomic mass is 10.2. The fraction of sp³-hybridized carbons (Fsp3) is 0.294. The second-order valence-electron chi connectivity index (χ2n) is 10.5. The smallest absolute Gasteiger partial charge is 0.354 e. The number of fused-ring (bicyclic) bond motifs is 2. The number of rotatable bonds is 6. The second kappa shape index (κ2) is 16.2. The van der Waals surface area contributed by atoms with E-state index < -0.39 is 11.9 Å². The first-order chi connectivity index (χ1) is 22.4. The highest BCUT2D eigenvalue weighted by molar-refractivity contribution is 5.85. The number of pyridine rings is 2. The summed E-state index contributed by atoms with van der Waals surface area (Å²) < 4.78 is 24.6. The maximum atomic E-state index is 11.5. The minimum atomic E-state index is -1.08. The Bertz CT molecular complexity index is 1440. The number of ether oxygens (including phenoxy) is 4. The third-order valence-electron chi connectivity index (χ3n) is 7.18. The number of carboxylic acid groups (broad SMARTS) is 2. The van der Waals surface area contributed by atoms with Crippen LogP contribution in [0.25, 0.3) is 0 Å². The third kappa shape index (κ3) is 9.40. The van der Waals surface area contributed by atoms with Crippen LogP contribution in [-0.2, 0) is 13.1 Å². The van der Waals surface area contributed by atoms with Crippen LogP contribution in [0.2, 0.25) is 0 Å². The Hall–Kier alpha value is -5.20. The molecule has 2 aromatic carbocycles. The van der Waals surface area contributed by atoms with Crippen molar-refractivity contribution >= 4 is 11.9 Å². The van der Waals surface area contributed by atoms with Crippen molar-refractivity contribution in [3.8, 4) is 23.0 Å². The van der Waals surface area contributed by atoms with E-state index in [0.29, 0.717) is 100 Å². The molecular formula is C34H36N4O8. The number of hydrogen-bond donors (Lipinski definition) is 2. The Balaban J connectivity index is 1.33. The molecule has 2 N–H and O–H groups in total. The van der Waals surface area contributed by atoms with Gasteiger partial charge in [0.2, 0.25) is 0 Å². The summed E-state index contributed by atoms with van der Waals surface area (Å²) in [6.45, 7) is 4.26. The molecule has 1 aliphatic heterocycles. The van der Waals surface area contributed by atoms with Gasteiger partial charge in [-0.05, 0) is 48.5 Å². The zero-order chi connectivity index (χ0) is 32.1. The Labute approximate surface area is 266 Å². The summed E-state index contributed by atoms with van der Waals surface area (Å²) in [7, 11) is 0. The van der Waals surface area contributed by atoms with Gasteiger partial charge in [0.05, 0.1) is 11.4 Å². The predicted molar refractivity (Wildman–Crippen MR) is 168 cm³/mol. The molecule has 240 valence electrons. The number of benzene rings is 2. The molecule has 4 aromatic rings. The van der Waals surface area contributed by atoms with E-state index in [0.717, 1.165) is 0 Å².